The predicted octanol–water partition coefficient (Wildman–Crippen LogP) is 3.48. The molecule has 26 heavy (non-hydrogen) atoms. The van der Waals surface area contributed by atoms with Crippen LogP contribution in [-0.4, -0.2) is 24.5 Å². The van der Waals surface area contributed by atoms with Crippen LogP contribution in [0.25, 0.3) is 22.4 Å². The predicted molar refractivity (Wildman–Crippen MR) is 98.0 cm³/mol. The highest BCUT2D eigenvalue weighted by molar-refractivity contribution is 5.76. The normalized spacial score (nSPS) is 11.0. The highest BCUT2D eigenvalue weighted by Gasteiger charge is 2.10. The lowest BCUT2D eigenvalue weighted by molar-refractivity contribution is 0.629. The number of halogens is 1. The van der Waals surface area contributed by atoms with Crippen molar-refractivity contribution in [2.45, 2.75) is 13.5 Å². The summed E-state index contributed by atoms with van der Waals surface area (Å²) >= 11 is 0. The van der Waals surface area contributed by atoms with E-state index in [-0.39, 0.29) is 5.82 Å². The fraction of sp³-hybridized carbons (Fsp3) is 0.158. The van der Waals surface area contributed by atoms with Gasteiger partial charge in [0.2, 0.25) is 0 Å². The van der Waals surface area contributed by atoms with Crippen LogP contribution in [0.15, 0.2) is 48.7 Å². The van der Waals surface area contributed by atoms with E-state index in [1.165, 1.54) is 12.1 Å². The molecule has 4 rings (SSSR count). The first-order valence-electron chi connectivity index (χ1n) is 8.22. The number of rotatable bonds is 4. The molecule has 0 aliphatic heterocycles. The van der Waals surface area contributed by atoms with Gasteiger partial charge in [0.05, 0.1) is 29.0 Å². The maximum atomic E-state index is 13.4. The average Bonchev–Trinajstić information content (AvgIpc) is 2.95. The van der Waals surface area contributed by atoms with E-state index in [1.807, 2.05) is 42.8 Å². The second kappa shape index (κ2) is 6.51. The summed E-state index contributed by atoms with van der Waals surface area (Å²) in [5.74, 6) is 1.85. The van der Waals surface area contributed by atoms with Crippen LogP contribution in [0.1, 0.15) is 11.6 Å². The van der Waals surface area contributed by atoms with Gasteiger partial charge in [-0.1, -0.05) is 6.07 Å². The van der Waals surface area contributed by atoms with E-state index in [0.29, 0.717) is 23.7 Å². The molecule has 0 bridgehead atoms. The fourth-order valence-corrected chi connectivity index (χ4v) is 2.85. The number of aryl methyl sites for hydroxylation is 2. The molecular weight excluding hydrogens is 331 g/mol. The van der Waals surface area contributed by atoms with Gasteiger partial charge in [0.15, 0.2) is 0 Å². The Balaban J connectivity index is 1.60. The van der Waals surface area contributed by atoms with Crippen LogP contribution in [0.3, 0.4) is 0 Å². The van der Waals surface area contributed by atoms with E-state index in [1.54, 1.807) is 12.3 Å². The largest absolute Gasteiger partial charge is 0.363 e. The molecule has 0 unspecified atom stereocenters. The maximum Gasteiger partial charge on any atom is 0.130 e. The topological polar surface area (TPSA) is 68.5 Å². The molecule has 3 heterocycles. The number of pyridine rings is 1. The molecule has 0 radical (unpaired) electrons. The molecule has 0 fully saturated rings. The lowest BCUT2D eigenvalue weighted by Crippen LogP contribution is -2.08. The number of nitrogens with one attached hydrogen (secondary N) is 1. The van der Waals surface area contributed by atoms with Crippen LogP contribution in [-0.2, 0) is 13.6 Å². The first-order chi connectivity index (χ1) is 12.6. The van der Waals surface area contributed by atoms with Gasteiger partial charge in [-0.25, -0.2) is 19.3 Å². The minimum atomic E-state index is -0.290. The van der Waals surface area contributed by atoms with Crippen molar-refractivity contribution < 1.29 is 4.39 Å². The van der Waals surface area contributed by atoms with Gasteiger partial charge in [-0.05, 0) is 31.2 Å². The van der Waals surface area contributed by atoms with Gasteiger partial charge in [-0.2, -0.15) is 0 Å². The maximum absolute atomic E-state index is 13.4. The number of anilines is 1. The van der Waals surface area contributed by atoms with Crippen molar-refractivity contribution in [3.63, 3.8) is 0 Å². The van der Waals surface area contributed by atoms with Crippen molar-refractivity contribution in [1.29, 1.82) is 0 Å². The Hall–Kier alpha value is -3.35. The van der Waals surface area contributed by atoms with Crippen molar-refractivity contribution in [1.82, 2.24) is 24.5 Å². The fourth-order valence-electron chi connectivity index (χ4n) is 2.85. The molecule has 6 nitrogen and oxygen atoms in total. The first-order valence-corrected chi connectivity index (χ1v) is 8.22. The molecule has 4 aromatic rings. The Labute approximate surface area is 149 Å². The zero-order valence-electron chi connectivity index (χ0n) is 14.4. The summed E-state index contributed by atoms with van der Waals surface area (Å²) < 4.78 is 15.3. The van der Waals surface area contributed by atoms with Crippen LogP contribution in [0.4, 0.5) is 10.2 Å². The molecule has 0 amide bonds. The number of aromatic nitrogens is 5. The minimum absolute atomic E-state index is 0.290. The minimum Gasteiger partial charge on any atom is -0.363 e. The summed E-state index contributed by atoms with van der Waals surface area (Å²) in [7, 11) is 1.91. The monoisotopic (exact) mass is 348 g/mol. The molecule has 130 valence electrons. The Morgan fingerprint density at radius 1 is 1.04 bits per heavy atom. The summed E-state index contributed by atoms with van der Waals surface area (Å²) in [5.41, 5.74) is 3.07. The first kappa shape index (κ1) is 16.1. The van der Waals surface area contributed by atoms with Crippen LogP contribution in [0.2, 0.25) is 0 Å². The van der Waals surface area contributed by atoms with Crippen LogP contribution in [0.5, 0.6) is 0 Å². The molecule has 0 saturated carbocycles. The van der Waals surface area contributed by atoms with Gasteiger partial charge in [0, 0.05) is 25.4 Å². The van der Waals surface area contributed by atoms with E-state index < -0.39 is 0 Å². The lowest BCUT2D eigenvalue weighted by atomic mass is 10.2. The Bertz CT molecular complexity index is 1070. The van der Waals surface area contributed by atoms with E-state index in [0.717, 1.165) is 22.7 Å². The molecule has 0 aliphatic carbocycles. The smallest absolute Gasteiger partial charge is 0.130 e. The zero-order valence-corrected chi connectivity index (χ0v) is 14.4. The molecule has 1 N–H and O–H groups in total. The highest BCUT2D eigenvalue weighted by Crippen LogP contribution is 2.19. The van der Waals surface area contributed by atoms with Crippen LogP contribution < -0.4 is 5.32 Å². The standard InChI is InChI=1S/C19H17FN6/c1-12-23-15(14-5-3-4-8-21-14)10-18(24-12)22-11-19-25-16-9-13(20)6-7-17(16)26(19)2/h3-10H,11H2,1-2H3,(H,22,23,24). The number of hydrogen-bond donors (Lipinski definition) is 1. The Kier molecular flexibility index (Phi) is 4.04. The highest BCUT2D eigenvalue weighted by atomic mass is 19.1. The van der Waals surface area contributed by atoms with Crippen molar-refractivity contribution in [2.75, 3.05) is 5.32 Å². The number of hydrogen-bond acceptors (Lipinski definition) is 5. The number of imidazole rings is 1. The quantitative estimate of drug-likeness (QED) is 0.611. The van der Waals surface area contributed by atoms with E-state index >= 15 is 0 Å². The molecule has 0 saturated heterocycles. The van der Waals surface area contributed by atoms with Gasteiger partial charge in [0.25, 0.3) is 0 Å². The Morgan fingerprint density at radius 2 is 1.92 bits per heavy atom. The van der Waals surface area contributed by atoms with Gasteiger partial charge in [0.1, 0.15) is 23.3 Å². The third-order valence-corrected chi connectivity index (χ3v) is 4.13. The third kappa shape index (κ3) is 3.11. The van der Waals surface area contributed by atoms with E-state index in [4.69, 9.17) is 0 Å². The number of nitrogens with zero attached hydrogens (tertiary/aromatic N) is 5. The summed E-state index contributed by atoms with van der Waals surface area (Å²) in [4.78, 5) is 17.7. The lowest BCUT2D eigenvalue weighted by Gasteiger charge is -2.08. The van der Waals surface area contributed by atoms with Gasteiger partial charge >= 0.3 is 0 Å². The molecule has 1 aromatic carbocycles. The number of benzene rings is 1. The summed E-state index contributed by atoms with van der Waals surface area (Å²) in [5, 5.41) is 3.27. The van der Waals surface area contributed by atoms with Crippen molar-refractivity contribution in [3.05, 3.63) is 66.1 Å². The van der Waals surface area contributed by atoms with E-state index in [9.17, 15) is 4.39 Å². The summed E-state index contributed by atoms with van der Waals surface area (Å²) in [6, 6.07) is 12.2. The molecule has 0 aliphatic rings. The van der Waals surface area contributed by atoms with Crippen LogP contribution >= 0.6 is 0 Å². The molecule has 3 aromatic heterocycles. The average molecular weight is 348 g/mol. The third-order valence-electron chi connectivity index (χ3n) is 4.13. The molecule has 7 heteroatoms. The van der Waals surface area contributed by atoms with E-state index in [2.05, 4.69) is 25.3 Å². The van der Waals surface area contributed by atoms with Gasteiger partial charge < -0.3 is 9.88 Å². The molecular formula is C19H17FN6. The van der Waals surface area contributed by atoms with Gasteiger partial charge in [-0.15, -0.1) is 0 Å². The molecule has 0 spiro atoms. The summed E-state index contributed by atoms with van der Waals surface area (Å²) in [6.07, 6.45) is 1.73. The molecule has 0 atom stereocenters. The zero-order chi connectivity index (χ0) is 18.1. The summed E-state index contributed by atoms with van der Waals surface area (Å²) in [6.45, 7) is 2.31. The van der Waals surface area contributed by atoms with Crippen molar-refractivity contribution in [2.24, 2.45) is 7.05 Å². The second-order valence-electron chi connectivity index (χ2n) is 5.97. The van der Waals surface area contributed by atoms with Crippen LogP contribution in [0, 0.1) is 12.7 Å². The second-order valence-corrected chi connectivity index (χ2v) is 5.97. The van der Waals surface area contributed by atoms with Gasteiger partial charge in [-0.3, -0.25) is 4.98 Å². The van der Waals surface area contributed by atoms with Crippen molar-refractivity contribution >= 4 is 16.9 Å². The Morgan fingerprint density at radius 3 is 2.73 bits per heavy atom. The van der Waals surface area contributed by atoms with Crippen molar-refractivity contribution in [3.8, 4) is 11.4 Å². The number of fused-ring (bicyclic) bond motifs is 1. The SMILES string of the molecule is Cc1nc(NCc2nc3cc(F)ccc3n2C)cc(-c2ccccn2)n1.